The number of nitrogens with zero attached hydrogens (tertiary/aromatic N) is 2. The summed E-state index contributed by atoms with van der Waals surface area (Å²) in [6, 6.07) is 32.0. The maximum absolute atomic E-state index is 14.0. The van der Waals surface area contributed by atoms with Gasteiger partial charge in [0, 0.05) is 5.56 Å². The zero-order chi connectivity index (χ0) is 31.3. The predicted molar refractivity (Wildman–Crippen MR) is 172 cm³/mol. The van der Waals surface area contributed by atoms with Crippen LogP contribution in [-0.2, 0) is 16.1 Å². The molecule has 0 aliphatic carbocycles. The highest BCUT2D eigenvalue weighted by molar-refractivity contribution is 7.07. The van der Waals surface area contributed by atoms with Gasteiger partial charge in [0.2, 0.25) is 0 Å². The molecule has 1 atom stereocenters. The van der Waals surface area contributed by atoms with Gasteiger partial charge in [0.25, 0.3) is 5.56 Å². The number of aromatic carboxylic acids is 1. The van der Waals surface area contributed by atoms with Crippen LogP contribution in [0.15, 0.2) is 125 Å². The molecule has 2 heterocycles. The number of fused-ring (bicyclic) bond motifs is 1. The van der Waals surface area contributed by atoms with Gasteiger partial charge < -0.3 is 14.6 Å². The zero-order valence-electron chi connectivity index (χ0n) is 24.3. The predicted octanol–water partition coefficient (Wildman–Crippen LogP) is 5.21. The molecule has 5 aromatic rings. The third-order valence-electron chi connectivity index (χ3n) is 7.27. The lowest BCUT2D eigenvalue weighted by atomic mass is 9.93. The van der Waals surface area contributed by atoms with Crippen LogP contribution in [0.1, 0.15) is 45.6 Å². The highest BCUT2D eigenvalue weighted by Gasteiger charge is 2.35. The highest BCUT2D eigenvalue weighted by Crippen LogP contribution is 2.35. The summed E-state index contributed by atoms with van der Waals surface area (Å²) in [4.78, 5) is 43.9. The van der Waals surface area contributed by atoms with Crippen molar-refractivity contribution in [2.45, 2.75) is 19.6 Å². The summed E-state index contributed by atoms with van der Waals surface area (Å²) in [5.74, 6) is -0.861. The number of thiazole rings is 1. The monoisotopic (exact) mass is 616 g/mol. The van der Waals surface area contributed by atoms with Crippen LogP contribution in [0.4, 0.5) is 0 Å². The van der Waals surface area contributed by atoms with Crippen LogP contribution in [0, 0.1) is 0 Å². The van der Waals surface area contributed by atoms with Crippen LogP contribution >= 0.6 is 11.3 Å². The number of carboxylic acid groups (broad SMARTS) is 1. The molecule has 6 rings (SSSR count). The van der Waals surface area contributed by atoms with E-state index in [9.17, 15) is 14.4 Å². The van der Waals surface area contributed by atoms with Crippen LogP contribution in [-0.4, -0.2) is 28.2 Å². The van der Waals surface area contributed by atoms with Gasteiger partial charge in [-0.05, 0) is 54.0 Å². The minimum atomic E-state index is -0.975. The van der Waals surface area contributed by atoms with E-state index in [1.54, 1.807) is 41.8 Å². The molecule has 45 heavy (non-hydrogen) atoms. The van der Waals surface area contributed by atoms with Crippen LogP contribution < -0.4 is 19.6 Å². The number of carbonyl (C=O) groups excluding carboxylic acids is 1. The van der Waals surface area contributed by atoms with E-state index >= 15 is 0 Å². The zero-order valence-corrected chi connectivity index (χ0v) is 25.1. The Morgan fingerprint density at radius 3 is 2.22 bits per heavy atom. The van der Waals surface area contributed by atoms with Gasteiger partial charge >= 0.3 is 11.9 Å². The summed E-state index contributed by atoms with van der Waals surface area (Å²) in [5, 5.41) is 9.08. The molecule has 0 saturated heterocycles. The normalized spacial score (nSPS) is 14.4. The summed E-state index contributed by atoms with van der Waals surface area (Å²) in [7, 11) is 0. The molecular weight excluding hydrogens is 588 g/mol. The van der Waals surface area contributed by atoms with E-state index in [1.165, 1.54) is 11.3 Å². The van der Waals surface area contributed by atoms with Gasteiger partial charge in [-0.2, -0.15) is 0 Å². The molecule has 9 heteroatoms. The molecule has 4 aromatic carbocycles. The lowest BCUT2D eigenvalue weighted by Gasteiger charge is -2.25. The second-order valence-corrected chi connectivity index (χ2v) is 11.2. The molecule has 8 nitrogen and oxygen atoms in total. The Labute approximate surface area is 262 Å². The number of hydrogen-bond acceptors (Lipinski definition) is 7. The number of esters is 1. The standard InChI is InChI=1S/C36H28N2O6S/c1-2-43-35(42)30-31(25-9-5-3-6-10-25)37-36-38(32(30)26-11-7-4-8-12-26)33(39)29(45-36)21-23-15-19-28(20-16-23)44-22-24-13-17-27(18-14-24)34(40)41/h3-21,32H,2,22H2,1H3,(H,40,41)/b29-21+/t32-/m1/s1. The molecule has 0 bridgehead atoms. The van der Waals surface area contributed by atoms with Gasteiger partial charge in [-0.15, -0.1) is 0 Å². The molecule has 0 fully saturated rings. The molecule has 0 amide bonds. The quantitative estimate of drug-likeness (QED) is 0.228. The Hall–Kier alpha value is -5.54. The third kappa shape index (κ3) is 6.25. The number of ether oxygens (including phenoxy) is 2. The lowest BCUT2D eigenvalue weighted by molar-refractivity contribution is -0.138. The van der Waals surface area contributed by atoms with E-state index in [1.807, 2.05) is 84.9 Å². The minimum Gasteiger partial charge on any atom is -0.489 e. The Morgan fingerprint density at radius 2 is 1.58 bits per heavy atom. The maximum atomic E-state index is 14.0. The topological polar surface area (TPSA) is 107 Å². The van der Waals surface area contributed by atoms with Gasteiger partial charge in [0.05, 0.1) is 34.0 Å². The first-order valence-corrected chi connectivity index (χ1v) is 15.1. The van der Waals surface area contributed by atoms with E-state index in [-0.39, 0.29) is 24.3 Å². The average molecular weight is 617 g/mol. The van der Waals surface area contributed by atoms with Crippen LogP contribution in [0.5, 0.6) is 5.75 Å². The van der Waals surface area contributed by atoms with Gasteiger partial charge in [-0.1, -0.05) is 96.3 Å². The van der Waals surface area contributed by atoms with Gasteiger partial charge in [-0.3, -0.25) is 9.36 Å². The summed E-state index contributed by atoms with van der Waals surface area (Å²) in [6.07, 6.45) is 1.80. The van der Waals surface area contributed by atoms with Gasteiger partial charge in [-0.25, -0.2) is 14.6 Å². The molecule has 1 aromatic heterocycles. The number of hydrogen-bond donors (Lipinski definition) is 1. The molecular formula is C36H28N2O6S. The molecule has 224 valence electrons. The SMILES string of the molecule is CCOC(=O)C1=C(c2ccccc2)N=c2s/c(=C/c3ccc(OCc4ccc(C(=O)O)cc4)cc3)c(=O)n2[C@@H]1c1ccccc1. The van der Waals surface area contributed by atoms with Crippen LogP contribution in [0.25, 0.3) is 11.8 Å². The summed E-state index contributed by atoms with van der Waals surface area (Å²) >= 11 is 1.26. The number of rotatable bonds is 9. The second-order valence-electron chi connectivity index (χ2n) is 10.2. The van der Waals surface area contributed by atoms with Crippen molar-refractivity contribution in [1.29, 1.82) is 0 Å². The first-order chi connectivity index (χ1) is 21.9. The van der Waals surface area contributed by atoms with E-state index in [0.717, 1.165) is 22.3 Å². The fourth-order valence-corrected chi connectivity index (χ4v) is 6.11. The van der Waals surface area contributed by atoms with Crippen LogP contribution in [0.3, 0.4) is 0 Å². The summed E-state index contributed by atoms with van der Waals surface area (Å²) in [5.41, 5.74) is 3.92. The van der Waals surface area contributed by atoms with Crippen LogP contribution in [0.2, 0.25) is 0 Å². The van der Waals surface area contributed by atoms with E-state index < -0.39 is 18.0 Å². The van der Waals surface area contributed by atoms with Crippen molar-refractivity contribution in [2.75, 3.05) is 6.61 Å². The molecule has 0 radical (unpaired) electrons. The fraction of sp³-hybridized carbons (Fsp3) is 0.111. The van der Waals surface area contributed by atoms with E-state index in [0.29, 0.717) is 26.4 Å². The smallest absolute Gasteiger partial charge is 0.338 e. The van der Waals surface area contributed by atoms with Crippen molar-refractivity contribution in [3.63, 3.8) is 0 Å². The first-order valence-electron chi connectivity index (χ1n) is 14.3. The first kappa shape index (κ1) is 29.5. The number of carbonyl (C=O) groups is 2. The van der Waals surface area contributed by atoms with Crippen molar-refractivity contribution in [1.82, 2.24) is 4.57 Å². The summed E-state index contributed by atoms with van der Waals surface area (Å²) < 4.78 is 13.4. The van der Waals surface area contributed by atoms with Gasteiger partial charge in [0.15, 0.2) is 4.80 Å². The number of carboxylic acids is 1. The number of benzene rings is 4. The van der Waals surface area contributed by atoms with E-state index in [2.05, 4.69) is 0 Å². The van der Waals surface area contributed by atoms with Crippen molar-refractivity contribution >= 4 is 35.0 Å². The van der Waals surface area contributed by atoms with Crippen molar-refractivity contribution < 1.29 is 24.2 Å². The molecule has 1 aliphatic rings. The fourth-order valence-electron chi connectivity index (χ4n) is 5.11. The van der Waals surface area contributed by atoms with Crippen molar-refractivity contribution in [2.24, 2.45) is 4.99 Å². The lowest BCUT2D eigenvalue weighted by Crippen LogP contribution is -2.39. The largest absolute Gasteiger partial charge is 0.489 e. The Kier molecular flexibility index (Phi) is 8.52. The maximum Gasteiger partial charge on any atom is 0.338 e. The molecule has 1 aliphatic heterocycles. The summed E-state index contributed by atoms with van der Waals surface area (Å²) in [6.45, 7) is 2.22. The Bertz CT molecular complexity index is 2060. The van der Waals surface area contributed by atoms with E-state index in [4.69, 9.17) is 19.6 Å². The molecule has 0 unspecified atom stereocenters. The molecule has 0 spiro atoms. The third-order valence-corrected chi connectivity index (χ3v) is 8.26. The van der Waals surface area contributed by atoms with Gasteiger partial charge in [0.1, 0.15) is 12.4 Å². The van der Waals surface area contributed by atoms with Crippen molar-refractivity contribution in [3.8, 4) is 5.75 Å². The highest BCUT2D eigenvalue weighted by atomic mass is 32.1. The Morgan fingerprint density at radius 1 is 0.911 bits per heavy atom. The second kappa shape index (κ2) is 13.0. The molecule has 0 saturated carbocycles. The van der Waals surface area contributed by atoms with Crippen molar-refractivity contribution in [3.05, 3.63) is 162 Å². The molecule has 1 N–H and O–H groups in total. The number of aromatic nitrogens is 1. The Balaban J connectivity index is 1.37. The average Bonchev–Trinajstić information content (AvgIpc) is 3.38. The minimum absolute atomic E-state index is 0.188.